The number of pyridine rings is 1. The smallest absolute Gasteiger partial charge is 0.408 e. The molecule has 12 heteroatoms. The zero-order chi connectivity index (χ0) is 23.7. The quantitative estimate of drug-likeness (QED) is 0.701. The molecule has 0 spiro atoms. The van der Waals surface area contributed by atoms with Gasteiger partial charge in [0.1, 0.15) is 11.6 Å². The Morgan fingerprint density at radius 3 is 2.41 bits per heavy atom. The number of rotatable bonds is 5. The molecule has 0 aromatic carbocycles. The zero-order valence-electron chi connectivity index (χ0n) is 18.9. The van der Waals surface area contributed by atoms with Gasteiger partial charge in [-0.3, -0.25) is 4.79 Å². The van der Waals surface area contributed by atoms with Gasteiger partial charge < -0.3 is 19.7 Å². The fraction of sp³-hybridized carbons (Fsp3) is 0.550. The number of piperazine rings is 1. The van der Waals surface area contributed by atoms with Crippen LogP contribution in [0.15, 0.2) is 24.5 Å². The monoisotopic (exact) mass is 467 g/mol. The van der Waals surface area contributed by atoms with E-state index in [-0.39, 0.29) is 32.1 Å². The number of nitrogens with zero attached hydrogens (tertiary/aromatic N) is 4. The van der Waals surface area contributed by atoms with Crippen LogP contribution in [0.5, 0.6) is 5.88 Å². The molecular formula is C20H29N5O6S. The van der Waals surface area contributed by atoms with Crippen LogP contribution < -0.4 is 10.1 Å². The lowest BCUT2D eigenvalue weighted by atomic mass is 10.2. The van der Waals surface area contributed by atoms with E-state index in [2.05, 4.69) is 10.3 Å². The molecule has 1 aliphatic rings. The fourth-order valence-corrected chi connectivity index (χ4v) is 4.96. The molecule has 3 rings (SSSR count). The number of methoxy groups -OCH3 is 1. The summed E-state index contributed by atoms with van der Waals surface area (Å²) >= 11 is 0. The summed E-state index contributed by atoms with van der Waals surface area (Å²) in [5.74, 6) is 0.0495. The number of hydrogen-bond acceptors (Lipinski definition) is 7. The molecule has 3 heterocycles. The number of carbonyl (C=O) groups excluding carboxylic acids is 2. The van der Waals surface area contributed by atoms with E-state index in [1.165, 1.54) is 32.7 Å². The van der Waals surface area contributed by atoms with E-state index in [0.29, 0.717) is 16.8 Å². The van der Waals surface area contributed by atoms with Gasteiger partial charge in [-0.05, 0) is 39.8 Å². The lowest BCUT2D eigenvalue weighted by Crippen LogP contribution is -2.55. The number of alkyl carbamates (subject to hydrolysis) is 1. The first-order valence-corrected chi connectivity index (χ1v) is 11.6. The van der Waals surface area contributed by atoms with Crippen LogP contribution >= 0.6 is 0 Å². The van der Waals surface area contributed by atoms with Crippen molar-refractivity contribution < 1.29 is 27.5 Å². The molecule has 2 aromatic heterocycles. The SMILES string of the molecule is COc1nccc2c1ccn2S(=O)(=O)N1CCN(C(=O)[C@@H](C)NC(=O)OC(C)(C)C)CC1. The second-order valence-electron chi connectivity index (χ2n) is 8.46. The van der Waals surface area contributed by atoms with Crippen LogP contribution in [0.2, 0.25) is 0 Å². The Hall–Kier alpha value is -2.86. The molecule has 176 valence electrons. The molecule has 32 heavy (non-hydrogen) atoms. The molecule has 1 aliphatic heterocycles. The molecule has 11 nitrogen and oxygen atoms in total. The highest BCUT2D eigenvalue weighted by Crippen LogP contribution is 2.26. The van der Waals surface area contributed by atoms with Crippen LogP contribution in [-0.4, -0.2) is 83.5 Å². The Morgan fingerprint density at radius 2 is 1.81 bits per heavy atom. The Balaban J connectivity index is 1.65. The molecule has 1 fully saturated rings. The molecule has 1 saturated heterocycles. The minimum absolute atomic E-state index is 0.134. The molecule has 1 atom stereocenters. The summed E-state index contributed by atoms with van der Waals surface area (Å²) < 4.78 is 39.3. The number of carbonyl (C=O) groups is 2. The maximum absolute atomic E-state index is 13.2. The Labute approximate surface area is 187 Å². The van der Waals surface area contributed by atoms with Gasteiger partial charge in [-0.15, -0.1) is 0 Å². The van der Waals surface area contributed by atoms with Crippen molar-refractivity contribution in [1.82, 2.24) is 23.5 Å². The molecule has 0 unspecified atom stereocenters. The Morgan fingerprint density at radius 1 is 1.16 bits per heavy atom. The third-order valence-electron chi connectivity index (χ3n) is 4.97. The van der Waals surface area contributed by atoms with Crippen molar-refractivity contribution in [2.45, 2.75) is 39.3 Å². The van der Waals surface area contributed by atoms with E-state index in [0.717, 1.165) is 0 Å². The first-order chi connectivity index (χ1) is 14.9. The summed E-state index contributed by atoms with van der Waals surface area (Å²) in [4.78, 5) is 30.2. The largest absolute Gasteiger partial charge is 0.481 e. The average molecular weight is 468 g/mol. The van der Waals surface area contributed by atoms with Crippen molar-refractivity contribution in [3.8, 4) is 5.88 Å². The molecule has 2 amide bonds. The molecular weight excluding hydrogens is 438 g/mol. The Kier molecular flexibility index (Phi) is 6.65. The molecule has 1 N–H and O–H groups in total. The number of nitrogens with one attached hydrogen (secondary N) is 1. The van der Waals surface area contributed by atoms with Crippen LogP contribution in [0, 0.1) is 0 Å². The van der Waals surface area contributed by atoms with Crippen LogP contribution in [0.3, 0.4) is 0 Å². The number of aromatic nitrogens is 2. The molecule has 0 saturated carbocycles. The van der Waals surface area contributed by atoms with Gasteiger partial charge in [0.2, 0.25) is 11.8 Å². The maximum atomic E-state index is 13.2. The second-order valence-corrected chi connectivity index (χ2v) is 10.3. The van der Waals surface area contributed by atoms with Gasteiger partial charge in [0.15, 0.2) is 0 Å². The number of ether oxygens (including phenoxy) is 2. The van der Waals surface area contributed by atoms with Gasteiger partial charge in [0, 0.05) is 38.6 Å². The van der Waals surface area contributed by atoms with Crippen LogP contribution in [0.25, 0.3) is 10.9 Å². The average Bonchev–Trinajstić information content (AvgIpc) is 3.17. The fourth-order valence-electron chi connectivity index (χ4n) is 3.46. The van der Waals surface area contributed by atoms with E-state index in [4.69, 9.17) is 9.47 Å². The summed E-state index contributed by atoms with van der Waals surface area (Å²) in [6.45, 7) is 7.47. The van der Waals surface area contributed by atoms with E-state index in [1.807, 2.05) is 0 Å². The summed E-state index contributed by atoms with van der Waals surface area (Å²) in [5.41, 5.74) is -0.208. The van der Waals surface area contributed by atoms with Crippen molar-refractivity contribution in [3.63, 3.8) is 0 Å². The highest BCUT2D eigenvalue weighted by Gasteiger charge is 2.33. The number of hydrogen-bond donors (Lipinski definition) is 1. The lowest BCUT2D eigenvalue weighted by molar-refractivity contribution is -0.134. The maximum Gasteiger partial charge on any atom is 0.408 e. The van der Waals surface area contributed by atoms with E-state index in [1.54, 1.807) is 39.8 Å². The molecule has 0 radical (unpaired) electrons. The molecule has 2 aromatic rings. The summed E-state index contributed by atoms with van der Waals surface area (Å²) in [5, 5.41) is 3.11. The Bertz CT molecular complexity index is 1100. The molecule has 0 bridgehead atoms. The zero-order valence-corrected chi connectivity index (χ0v) is 19.7. The van der Waals surface area contributed by atoms with Crippen LogP contribution in [0.4, 0.5) is 4.79 Å². The van der Waals surface area contributed by atoms with Gasteiger partial charge in [-0.1, -0.05) is 0 Å². The number of fused-ring (bicyclic) bond motifs is 1. The van der Waals surface area contributed by atoms with Crippen molar-refractivity contribution in [2.75, 3.05) is 33.3 Å². The minimum Gasteiger partial charge on any atom is -0.481 e. The summed E-state index contributed by atoms with van der Waals surface area (Å²) in [7, 11) is -2.37. The standard InChI is InChI=1S/C20H29N5O6S/c1-14(22-19(27)31-20(2,3)4)18(26)23-10-12-24(13-11-23)32(28,29)25-9-7-15-16(25)6-8-21-17(15)30-5/h6-9,14H,10-13H2,1-5H3,(H,22,27)/t14-/m1/s1. The van der Waals surface area contributed by atoms with Crippen molar-refractivity contribution >= 4 is 33.1 Å². The first kappa shape index (κ1) is 23.8. The van der Waals surface area contributed by atoms with E-state index >= 15 is 0 Å². The van der Waals surface area contributed by atoms with Gasteiger partial charge in [-0.2, -0.15) is 12.7 Å². The summed E-state index contributed by atoms with van der Waals surface area (Å²) in [6, 6.07) is 2.46. The predicted molar refractivity (Wildman–Crippen MR) is 118 cm³/mol. The third-order valence-corrected chi connectivity index (χ3v) is 6.80. The highest BCUT2D eigenvalue weighted by molar-refractivity contribution is 7.87. The van der Waals surface area contributed by atoms with E-state index in [9.17, 15) is 18.0 Å². The second kappa shape index (κ2) is 8.94. The first-order valence-electron chi connectivity index (χ1n) is 10.2. The summed E-state index contributed by atoms with van der Waals surface area (Å²) in [6.07, 6.45) is 2.28. The van der Waals surface area contributed by atoms with Crippen LogP contribution in [-0.2, 0) is 19.7 Å². The van der Waals surface area contributed by atoms with Gasteiger partial charge >= 0.3 is 16.3 Å². The van der Waals surface area contributed by atoms with Crippen LogP contribution in [0.1, 0.15) is 27.7 Å². The van der Waals surface area contributed by atoms with Crippen molar-refractivity contribution in [1.29, 1.82) is 0 Å². The minimum atomic E-state index is -3.84. The van der Waals surface area contributed by atoms with Gasteiger partial charge in [-0.25, -0.2) is 13.8 Å². The third kappa shape index (κ3) is 4.96. The van der Waals surface area contributed by atoms with E-state index < -0.39 is 27.9 Å². The topological polar surface area (TPSA) is 123 Å². The molecule has 0 aliphatic carbocycles. The normalized spacial score (nSPS) is 16.6. The van der Waals surface area contributed by atoms with Gasteiger partial charge in [0.25, 0.3) is 0 Å². The van der Waals surface area contributed by atoms with Crippen molar-refractivity contribution in [2.24, 2.45) is 0 Å². The van der Waals surface area contributed by atoms with Crippen molar-refractivity contribution in [3.05, 3.63) is 24.5 Å². The van der Waals surface area contributed by atoms with Gasteiger partial charge in [0.05, 0.1) is 18.0 Å². The number of amides is 2. The predicted octanol–water partition coefficient (Wildman–Crippen LogP) is 1.20. The lowest BCUT2D eigenvalue weighted by Gasteiger charge is -2.35. The highest BCUT2D eigenvalue weighted by atomic mass is 32.2.